The lowest BCUT2D eigenvalue weighted by Crippen LogP contribution is -2.41. The van der Waals surface area contributed by atoms with Gasteiger partial charge in [0.05, 0.1) is 6.54 Å². The van der Waals surface area contributed by atoms with Crippen LogP contribution in [0, 0.1) is 0 Å². The molecule has 6 heteroatoms. The Morgan fingerprint density at radius 2 is 2.35 bits per heavy atom. The zero-order valence-corrected chi connectivity index (χ0v) is 11.3. The molecule has 1 aliphatic heterocycles. The minimum Gasteiger partial charge on any atom is -0.373 e. The first-order valence-electron chi connectivity index (χ1n) is 6.69. The van der Waals surface area contributed by atoms with Gasteiger partial charge in [0.1, 0.15) is 12.4 Å². The van der Waals surface area contributed by atoms with Crippen LogP contribution in [-0.4, -0.2) is 26.7 Å². The number of anilines is 1. The Kier molecular flexibility index (Phi) is 3.37. The Morgan fingerprint density at radius 1 is 1.50 bits per heavy atom. The fraction of sp³-hybridized carbons (Fsp3) is 0.357. The SMILES string of the molecule is Cn1cnc(CNC(=O)C2CCc3ccccc3N2)n1. The Hall–Kier alpha value is -2.37. The van der Waals surface area contributed by atoms with Crippen molar-refractivity contribution < 1.29 is 4.79 Å². The lowest BCUT2D eigenvalue weighted by Gasteiger charge is -2.25. The van der Waals surface area contributed by atoms with Crippen LogP contribution in [0.1, 0.15) is 17.8 Å². The van der Waals surface area contributed by atoms with E-state index in [9.17, 15) is 4.79 Å². The molecule has 20 heavy (non-hydrogen) atoms. The lowest BCUT2D eigenvalue weighted by molar-refractivity contribution is -0.122. The smallest absolute Gasteiger partial charge is 0.242 e. The number of nitrogens with zero attached hydrogens (tertiary/aromatic N) is 3. The van der Waals surface area contributed by atoms with Gasteiger partial charge in [-0.3, -0.25) is 9.48 Å². The first-order valence-corrected chi connectivity index (χ1v) is 6.69. The number of amides is 1. The van der Waals surface area contributed by atoms with Gasteiger partial charge in [0.25, 0.3) is 0 Å². The third kappa shape index (κ3) is 2.64. The van der Waals surface area contributed by atoms with E-state index >= 15 is 0 Å². The quantitative estimate of drug-likeness (QED) is 0.868. The van der Waals surface area contributed by atoms with E-state index in [2.05, 4.69) is 26.8 Å². The number of fused-ring (bicyclic) bond motifs is 1. The van der Waals surface area contributed by atoms with Gasteiger partial charge in [0.15, 0.2) is 5.82 Å². The summed E-state index contributed by atoms with van der Waals surface area (Å²) in [6, 6.07) is 7.91. The molecule has 2 heterocycles. The second-order valence-corrected chi connectivity index (χ2v) is 4.95. The number of hydrogen-bond acceptors (Lipinski definition) is 4. The minimum absolute atomic E-state index is 0.00745. The molecule has 0 saturated heterocycles. The maximum Gasteiger partial charge on any atom is 0.242 e. The summed E-state index contributed by atoms with van der Waals surface area (Å²) in [4.78, 5) is 16.2. The summed E-state index contributed by atoms with van der Waals surface area (Å²) in [6.07, 6.45) is 3.35. The van der Waals surface area contributed by atoms with Crippen LogP contribution >= 0.6 is 0 Å². The maximum absolute atomic E-state index is 12.2. The number of carbonyl (C=O) groups excluding carboxylic acids is 1. The zero-order chi connectivity index (χ0) is 13.9. The van der Waals surface area contributed by atoms with E-state index in [-0.39, 0.29) is 11.9 Å². The first kappa shape index (κ1) is 12.7. The molecule has 1 unspecified atom stereocenters. The normalized spacial score (nSPS) is 17.1. The van der Waals surface area contributed by atoms with Crippen molar-refractivity contribution >= 4 is 11.6 Å². The zero-order valence-electron chi connectivity index (χ0n) is 11.3. The number of hydrogen-bond donors (Lipinski definition) is 2. The van der Waals surface area contributed by atoms with Crippen molar-refractivity contribution in [2.75, 3.05) is 5.32 Å². The second kappa shape index (κ2) is 5.32. The number of aryl methyl sites for hydroxylation is 2. The maximum atomic E-state index is 12.2. The summed E-state index contributed by atoms with van der Waals surface area (Å²) in [7, 11) is 1.80. The van der Waals surface area contributed by atoms with Gasteiger partial charge in [-0.1, -0.05) is 18.2 Å². The molecule has 2 N–H and O–H groups in total. The summed E-state index contributed by atoms with van der Waals surface area (Å²) in [6.45, 7) is 0.361. The lowest BCUT2D eigenvalue weighted by atomic mass is 9.98. The van der Waals surface area contributed by atoms with E-state index in [0.29, 0.717) is 12.4 Å². The number of aromatic nitrogens is 3. The molecule has 0 fully saturated rings. The molecule has 0 spiro atoms. The number of para-hydroxylation sites is 1. The van der Waals surface area contributed by atoms with Crippen molar-refractivity contribution in [3.63, 3.8) is 0 Å². The van der Waals surface area contributed by atoms with Gasteiger partial charge in [-0.15, -0.1) is 0 Å². The summed E-state index contributed by atoms with van der Waals surface area (Å²) < 4.78 is 1.62. The van der Waals surface area contributed by atoms with E-state index in [1.54, 1.807) is 18.1 Å². The van der Waals surface area contributed by atoms with Gasteiger partial charge in [0, 0.05) is 12.7 Å². The van der Waals surface area contributed by atoms with Crippen molar-refractivity contribution in [2.45, 2.75) is 25.4 Å². The predicted octanol–water partition coefficient (Wildman–Crippen LogP) is 0.858. The Balaban J connectivity index is 1.59. The van der Waals surface area contributed by atoms with Crippen molar-refractivity contribution in [3.8, 4) is 0 Å². The van der Waals surface area contributed by atoms with Crippen LogP contribution in [-0.2, 0) is 24.8 Å². The molecule has 1 aliphatic rings. The highest BCUT2D eigenvalue weighted by Gasteiger charge is 2.23. The number of nitrogens with one attached hydrogen (secondary N) is 2. The molecule has 0 bridgehead atoms. The number of rotatable bonds is 3. The standard InChI is InChI=1S/C14H17N5O/c1-19-9-16-13(18-19)8-15-14(20)12-7-6-10-4-2-3-5-11(10)17-12/h2-5,9,12,17H,6-8H2,1H3,(H,15,20). The van der Waals surface area contributed by atoms with E-state index in [1.165, 1.54) is 5.56 Å². The van der Waals surface area contributed by atoms with Crippen LogP contribution in [0.15, 0.2) is 30.6 Å². The number of carbonyl (C=O) groups is 1. The molecule has 0 saturated carbocycles. The molecule has 0 aliphatic carbocycles. The van der Waals surface area contributed by atoms with Crippen molar-refractivity contribution in [2.24, 2.45) is 7.05 Å². The van der Waals surface area contributed by atoms with Crippen LogP contribution in [0.25, 0.3) is 0 Å². The highest BCUT2D eigenvalue weighted by Crippen LogP contribution is 2.24. The highest BCUT2D eigenvalue weighted by molar-refractivity contribution is 5.85. The summed E-state index contributed by atoms with van der Waals surface area (Å²) in [5.41, 5.74) is 2.32. The Morgan fingerprint density at radius 3 is 3.15 bits per heavy atom. The van der Waals surface area contributed by atoms with Crippen molar-refractivity contribution in [1.29, 1.82) is 0 Å². The van der Waals surface area contributed by atoms with Crippen molar-refractivity contribution in [3.05, 3.63) is 42.0 Å². The van der Waals surface area contributed by atoms with E-state index in [1.807, 2.05) is 18.2 Å². The van der Waals surface area contributed by atoms with Gasteiger partial charge in [-0.25, -0.2) is 4.98 Å². The summed E-state index contributed by atoms with van der Waals surface area (Å²) in [5.74, 6) is 0.615. The molecule has 104 valence electrons. The van der Waals surface area contributed by atoms with Gasteiger partial charge in [-0.05, 0) is 24.5 Å². The Labute approximate surface area is 117 Å². The molecular formula is C14H17N5O. The van der Waals surface area contributed by atoms with E-state index < -0.39 is 0 Å². The van der Waals surface area contributed by atoms with Crippen LogP contribution in [0.3, 0.4) is 0 Å². The second-order valence-electron chi connectivity index (χ2n) is 4.95. The van der Waals surface area contributed by atoms with E-state index in [4.69, 9.17) is 0 Å². The Bertz CT molecular complexity index is 622. The van der Waals surface area contributed by atoms with Crippen LogP contribution in [0.5, 0.6) is 0 Å². The molecule has 1 amide bonds. The molecular weight excluding hydrogens is 254 g/mol. The molecule has 3 rings (SSSR count). The van der Waals surface area contributed by atoms with Gasteiger partial charge in [-0.2, -0.15) is 5.10 Å². The largest absolute Gasteiger partial charge is 0.373 e. The van der Waals surface area contributed by atoms with Crippen LogP contribution in [0.2, 0.25) is 0 Å². The van der Waals surface area contributed by atoms with Gasteiger partial charge in [0.2, 0.25) is 5.91 Å². The highest BCUT2D eigenvalue weighted by atomic mass is 16.2. The molecule has 1 atom stereocenters. The topological polar surface area (TPSA) is 71.8 Å². The monoisotopic (exact) mass is 271 g/mol. The van der Waals surface area contributed by atoms with Crippen molar-refractivity contribution in [1.82, 2.24) is 20.1 Å². The average Bonchev–Trinajstić information content (AvgIpc) is 2.90. The summed E-state index contributed by atoms with van der Waals surface area (Å²) >= 11 is 0. The molecule has 1 aromatic carbocycles. The summed E-state index contributed by atoms with van der Waals surface area (Å²) in [5, 5.41) is 10.3. The van der Waals surface area contributed by atoms with Gasteiger partial charge < -0.3 is 10.6 Å². The molecule has 6 nitrogen and oxygen atoms in total. The number of benzene rings is 1. The third-order valence-corrected chi connectivity index (χ3v) is 3.43. The first-order chi connectivity index (χ1) is 9.72. The molecule has 0 radical (unpaired) electrons. The fourth-order valence-corrected chi connectivity index (χ4v) is 2.39. The van der Waals surface area contributed by atoms with Gasteiger partial charge >= 0.3 is 0 Å². The van der Waals surface area contributed by atoms with Crippen LogP contribution in [0.4, 0.5) is 5.69 Å². The van der Waals surface area contributed by atoms with E-state index in [0.717, 1.165) is 18.5 Å². The third-order valence-electron chi connectivity index (χ3n) is 3.43. The molecule has 1 aromatic heterocycles. The van der Waals surface area contributed by atoms with Crippen LogP contribution < -0.4 is 10.6 Å². The predicted molar refractivity (Wildman–Crippen MR) is 75.0 cm³/mol. The molecule has 2 aromatic rings. The fourth-order valence-electron chi connectivity index (χ4n) is 2.39. The average molecular weight is 271 g/mol. The minimum atomic E-state index is -0.186.